The summed E-state index contributed by atoms with van der Waals surface area (Å²) in [4.78, 5) is 0. The van der Waals surface area contributed by atoms with Gasteiger partial charge >= 0.3 is 12.4 Å². The van der Waals surface area contributed by atoms with Crippen LogP contribution in [-0.4, -0.2) is 32.0 Å². The summed E-state index contributed by atoms with van der Waals surface area (Å²) in [6, 6.07) is 12.6. The van der Waals surface area contributed by atoms with Crippen LogP contribution in [0.2, 0.25) is 0 Å². The van der Waals surface area contributed by atoms with E-state index in [2.05, 4.69) is 10.6 Å². The molecule has 1 aliphatic rings. The van der Waals surface area contributed by atoms with Crippen molar-refractivity contribution in [3.8, 4) is 5.75 Å². The zero-order valence-electron chi connectivity index (χ0n) is 16.9. The Hall–Kier alpha value is -2.26. The summed E-state index contributed by atoms with van der Waals surface area (Å²) in [6.45, 7) is 0.907. The molecule has 0 aromatic heterocycles. The van der Waals surface area contributed by atoms with Crippen LogP contribution in [0.3, 0.4) is 0 Å². The maximum absolute atomic E-state index is 13.2. The summed E-state index contributed by atoms with van der Waals surface area (Å²) in [5.41, 5.74) is 0.462. The highest BCUT2D eigenvalue weighted by molar-refractivity contribution is 5.39. The predicted molar refractivity (Wildman–Crippen MR) is 105 cm³/mol. The Balaban J connectivity index is 1.84. The van der Waals surface area contributed by atoms with E-state index in [9.17, 15) is 26.3 Å². The van der Waals surface area contributed by atoms with Crippen molar-refractivity contribution in [2.75, 3.05) is 13.7 Å². The lowest BCUT2D eigenvalue weighted by Gasteiger charge is -2.34. The SMILES string of the molecule is COc1ccc(C(C(F)(F)F)C(F)(F)F)cc1CN[C@H]1CCCN[C@H]1c1ccccc1. The van der Waals surface area contributed by atoms with Gasteiger partial charge in [0, 0.05) is 24.2 Å². The van der Waals surface area contributed by atoms with Gasteiger partial charge in [-0.1, -0.05) is 36.4 Å². The lowest BCUT2D eigenvalue weighted by atomic mass is 9.91. The summed E-state index contributed by atoms with van der Waals surface area (Å²) in [5, 5.41) is 6.73. The average Bonchev–Trinajstić information content (AvgIpc) is 2.71. The Bertz CT molecular complexity index is 839. The van der Waals surface area contributed by atoms with Crippen molar-refractivity contribution in [2.45, 2.75) is 49.7 Å². The average molecular weight is 446 g/mol. The number of nitrogens with one attached hydrogen (secondary N) is 2. The van der Waals surface area contributed by atoms with Gasteiger partial charge in [0.1, 0.15) is 5.75 Å². The number of ether oxygens (including phenoxy) is 1. The molecule has 2 N–H and O–H groups in total. The number of hydrogen-bond acceptors (Lipinski definition) is 3. The van der Waals surface area contributed by atoms with Crippen LogP contribution in [0.15, 0.2) is 48.5 Å². The lowest BCUT2D eigenvalue weighted by Crippen LogP contribution is -2.45. The van der Waals surface area contributed by atoms with Crippen molar-refractivity contribution in [3.63, 3.8) is 0 Å². The standard InChI is InChI=1S/C22H24F6N2O/c1-31-18-10-9-15(20(21(23,24)25)22(26,27)28)12-16(18)13-30-17-8-5-11-29-19(17)14-6-3-2-4-7-14/h2-4,6-7,9-10,12,17,19-20,29-30H,5,8,11,13H2,1H3/t17-,19-/m0/s1. The van der Waals surface area contributed by atoms with E-state index in [-0.39, 0.29) is 29.9 Å². The fourth-order valence-electron chi connectivity index (χ4n) is 4.04. The van der Waals surface area contributed by atoms with Crippen LogP contribution in [-0.2, 0) is 6.54 Å². The first-order chi connectivity index (χ1) is 14.6. The molecule has 31 heavy (non-hydrogen) atoms. The Labute approximate surface area is 176 Å². The zero-order chi connectivity index (χ0) is 22.6. The Kier molecular flexibility index (Phi) is 7.16. The summed E-state index contributed by atoms with van der Waals surface area (Å²) < 4.78 is 84.1. The fraction of sp³-hybridized carbons (Fsp3) is 0.455. The smallest absolute Gasteiger partial charge is 0.404 e. The minimum absolute atomic E-state index is 0.0118. The first kappa shape index (κ1) is 23.4. The van der Waals surface area contributed by atoms with Crippen LogP contribution in [0, 0.1) is 0 Å². The van der Waals surface area contributed by atoms with Gasteiger partial charge in [0.25, 0.3) is 0 Å². The van der Waals surface area contributed by atoms with E-state index >= 15 is 0 Å². The van der Waals surface area contributed by atoms with Gasteiger partial charge in [-0.15, -0.1) is 0 Å². The quantitative estimate of drug-likeness (QED) is 0.576. The number of methoxy groups -OCH3 is 1. The molecule has 0 spiro atoms. The van der Waals surface area contributed by atoms with Crippen molar-refractivity contribution in [1.29, 1.82) is 0 Å². The first-order valence-electron chi connectivity index (χ1n) is 9.93. The van der Waals surface area contributed by atoms with Crippen molar-refractivity contribution in [1.82, 2.24) is 10.6 Å². The van der Waals surface area contributed by atoms with E-state index in [0.29, 0.717) is 0 Å². The number of hydrogen-bond donors (Lipinski definition) is 2. The highest BCUT2D eigenvalue weighted by Gasteiger charge is 2.57. The van der Waals surface area contributed by atoms with E-state index in [1.165, 1.54) is 7.11 Å². The van der Waals surface area contributed by atoms with Crippen molar-refractivity contribution in [3.05, 3.63) is 65.2 Å². The second-order valence-corrected chi connectivity index (χ2v) is 7.56. The van der Waals surface area contributed by atoms with Crippen LogP contribution in [0.5, 0.6) is 5.75 Å². The van der Waals surface area contributed by atoms with Crippen molar-refractivity contribution < 1.29 is 31.1 Å². The minimum atomic E-state index is -5.44. The largest absolute Gasteiger partial charge is 0.496 e. The molecule has 0 aliphatic carbocycles. The maximum Gasteiger partial charge on any atom is 0.404 e. The molecule has 2 aromatic rings. The summed E-state index contributed by atoms with van der Waals surface area (Å²) in [7, 11) is 1.33. The van der Waals surface area contributed by atoms with Gasteiger partial charge in [-0.3, -0.25) is 0 Å². The Morgan fingerprint density at radius 2 is 1.71 bits per heavy atom. The molecule has 0 radical (unpaired) electrons. The molecule has 1 saturated heterocycles. The van der Waals surface area contributed by atoms with Gasteiger partial charge in [-0.2, -0.15) is 26.3 Å². The van der Waals surface area contributed by atoms with Crippen LogP contribution in [0.1, 0.15) is 41.5 Å². The molecule has 1 fully saturated rings. The molecular formula is C22H24F6N2O. The number of alkyl halides is 6. The van der Waals surface area contributed by atoms with Gasteiger partial charge in [0.2, 0.25) is 0 Å². The van der Waals surface area contributed by atoms with Gasteiger partial charge in [-0.05, 0) is 42.6 Å². The molecular weight excluding hydrogens is 422 g/mol. The number of piperidine rings is 1. The van der Waals surface area contributed by atoms with Gasteiger partial charge in [0.05, 0.1) is 7.11 Å². The molecule has 170 valence electrons. The molecule has 0 bridgehead atoms. The molecule has 3 rings (SSSR count). The van der Waals surface area contributed by atoms with Crippen LogP contribution in [0.4, 0.5) is 26.3 Å². The van der Waals surface area contributed by atoms with Crippen molar-refractivity contribution >= 4 is 0 Å². The van der Waals surface area contributed by atoms with E-state index in [1.54, 1.807) is 0 Å². The summed E-state index contributed by atoms with van der Waals surface area (Å²) in [5.74, 6) is -3.31. The summed E-state index contributed by atoms with van der Waals surface area (Å²) in [6.07, 6.45) is -9.16. The topological polar surface area (TPSA) is 33.3 Å². The fourth-order valence-corrected chi connectivity index (χ4v) is 4.04. The molecule has 0 saturated carbocycles. The van der Waals surface area contributed by atoms with Crippen LogP contribution >= 0.6 is 0 Å². The maximum atomic E-state index is 13.2. The van der Waals surface area contributed by atoms with Crippen molar-refractivity contribution in [2.24, 2.45) is 0 Å². The molecule has 2 aromatic carbocycles. The Morgan fingerprint density at radius 3 is 2.32 bits per heavy atom. The Morgan fingerprint density at radius 1 is 1.03 bits per heavy atom. The molecule has 9 heteroatoms. The van der Waals surface area contributed by atoms with E-state index in [4.69, 9.17) is 4.74 Å². The molecule has 2 atom stereocenters. The normalized spacial score (nSPS) is 20.1. The second-order valence-electron chi connectivity index (χ2n) is 7.56. The number of rotatable bonds is 6. The number of halogens is 6. The number of benzene rings is 2. The predicted octanol–water partition coefficient (Wildman–Crippen LogP) is 5.49. The molecule has 0 amide bonds. The highest BCUT2D eigenvalue weighted by atomic mass is 19.4. The van der Waals surface area contributed by atoms with Gasteiger partial charge in [0.15, 0.2) is 5.92 Å². The van der Waals surface area contributed by atoms with Crippen LogP contribution in [0.25, 0.3) is 0 Å². The molecule has 1 aliphatic heterocycles. The summed E-state index contributed by atoms with van der Waals surface area (Å²) >= 11 is 0. The monoisotopic (exact) mass is 446 g/mol. The zero-order valence-corrected chi connectivity index (χ0v) is 16.9. The third kappa shape index (κ3) is 5.71. The first-order valence-corrected chi connectivity index (χ1v) is 9.93. The van der Waals surface area contributed by atoms with E-state index < -0.39 is 23.8 Å². The second kappa shape index (κ2) is 9.48. The molecule has 3 nitrogen and oxygen atoms in total. The van der Waals surface area contributed by atoms with Crippen LogP contribution < -0.4 is 15.4 Å². The highest BCUT2D eigenvalue weighted by Crippen LogP contribution is 2.47. The third-order valence-corrected chi connectivity index (χ3v) is 5.46. The van der Waals surface area contributed by atoms with E-state index in [0.717, 1.165) is 43.1 Å². The third-order valence-electron chi connectivity index (χ3n) is 5.46. The van der Waals surface area contributed by atoms with Gasteiger partial charge in [-0.25, -0.2) is 0 Å². The van der Waals surface area contributed by atoms with Gasteiger partial charge < -0.3 is 15.4 Å². The molecule has 0 unspecified atom stereocenters. The minimum Gasteiger partial charge on any atom is -0.496 e. The lowest BCUT2D eigenvalue weighted by molar-refractivity contribution is -0.253. The van der Waals surface area contributed by atoms with E-state index in [1.807, 2.05) is 30.3 Å². The molecule has 1 heterocycles.